The van der Waals surface area contributed by atoms with Crippen molar-refractivity contribution in [3.05, 3.63) is 214 Å². The van der Waals surface area contributed by atoms with Crippen molar-refractivity contribution < 1.29 is 22.4 Å². The third-order valence-corrected chi connectivity index (χ3v) is 8.22. The molecule has 0 atom stereocenters. The molecule has 0 amide bonds. The molecule has 216 valence electrons. The topological polar surface area (TPSA) is 17.1 Å². The second kappa shape index (κ2) is 11.8. The number of carbonyl (C=O) groups excluding carboxylic acids is 1. The summed E-state index contributed by atoms with van der Waals surface area (Å²) in [6, 6.07) is 41.3. The number of halogens is 4. The molecule has 5 heteroatoms. The second-order valence-electron chi connectivity index (χ2n) is 10.5. The number of Topliss-reactive ketones (excluding diaryl/α,β-unsaturated/α-hetero) is 1. The van der Waals surface area contributed by atoms with Crippen molar-refractivity contribution in [3.8, 4) is 0 Å². The van der Waals surface area contributed by atoms with Crippen molar-refractivity contribution >= 4 is 5.78 Å². The van der Waals surface area contributed by atoms with Crippen LogP contribution in [0, 0.1) is 23.3 Å². The molecule has 0 saturated heterocycles. The Morgan fingerprint density at radius 1 is 0.364 bits per heavy atom. The van der Waals surface area contributed by atoms with E-state index in [4.69, 9.17) is 0 Å². The lowest BCUT2D eigenvalue weighted by molar-refractivity contribution is -0.125. The average molecular weight is 587 g/mol. The number of rotatable bonds is 8. The van der Waals surface area contributed by atoms with E-state index >= 15 is 22.4 Å². The number of benzene rings is 6. The second-order valence-corrected chi connectivity index (χ2v) is 10.5. The van der Waals surface area contributed by atoms with E-state index in [9.17, 15) is 0 Å². The number of hydrogen-bond donors (Lipinski definition) is 0. The summed E-state index contributed by atoms with van der Waals surface area (Å²) in [7, 11) is 0. The minimum atomic E-state index is -2.04. The van der Waals surface area contributed by atoms with Gasteiger partial charge in [-0.1, -0.05) is 146 Å². The summed E-state index contributed by atoms with van der Waals surface area (Å²) in [5.74, 6) is -5.44. The summed E-state index contributed by atoms with van der Waals surface area (Å²) in [6.07, 6.45) is 0. The van der Waals surface area contributed by atoms with Gasteiger partial charge in [0.1, 0.15) is 10.8 Å². The average Bonchev–Trinajstić information content (AvgIpc) is 3.07. The lowest BCUT2D eigenvalue weighted by atomic mass is 9.54. The standard InChI is InChI=1S/C39H26F4O/c40-33-25-13-23-31(35(33)42)38(27-15-5-1-6-16-27,28-17-7-2-8-18-28)37(44)39(29-19-9-3-10-20-29,30-21-11-4-12-22-30)32-24-14-26-34(41)36(32)43/h1-26H. The predicted octanol–water partition coefficient (Wildman–Crippen LogP) is 9.18. The molecule has 0 spiro atoms. The van der Waals surface area contributed by atoms with Crippen molar-refractivity contribution in [2.45, 2.75) is 10.8 Å². The number of hydrogen-bond acceptors (Lipinski definition) is 1. The smallest absolute Gasteiger partial charge is 0.171 e. The Morgan fingerprint density at radius 3 is 0.909 bits per heavy atom. The van der Waals surface area contributed by atoms with Gasteiger partial charge in [0.2, 0.25) is 0 Å². The van der Waals surface area contributed by atoms with Crippen LogP contribution in [0.2, 0.25) is 0 Å². The molecule has 0 radical (unpaired) electrons. The highest BCUT2D eigenvalue weighted by Gasteiger charge is 2.57. The molecule has 6 aromatic carbocycles. The Hall–Kier alpha value is -5.29. The van der Waals surface area contributed by atoms with E-state index in [1.807, 2.05) is 0 Å². The molecule has 0 unspecified atom stereocenters. The molecule has 6 rings (SSSR count). The van der Waals surface area contributed by atoms with Gasteiger partial charge >= 0.3 is 0 Å². The predicted molar refractivity (Wildman–Crippen MR) is 163 cm³/mol. The van der Waals surface area contributed by atoms with Gasteiger partial charge in [0.15, 0.2) is 29.1 Å². The van der Waals surface area contributed by atoms with Crippen LogP contribution in [0.15, 0.2) is 158 Å². The van der Waals surface area contributed by atoms with Gasteiger partial charge in [-0.15, -0.1) is 0 Å². The van der Waals surface area contributed by atoms with E-state index in [1.54, 1.807) is 121 Å². The largest absolute Gasteiger partial charge is 0.296 e. The summed E-state index contributed by atoms with van der Waals surface area (Å²) in [6.45, 7) is 0. The highest BCUT2D eigenvalue weighted by molar-refractivity contribution is 6.09. The van der Waals surface area contributed by atoms with Crippen molar-refractivity contribution in [1.82, 2.24) is 0 Å². The van der Waals surface area contributed by atoms with Crippen LogP contribution in [0.4, 0.5) is 17.6 Å². The van der Waals surface area contributed by atoms with E-state index in [-0.39, 0.29) is 11.1 Å². The molecule has 0 aliphatic heterocycles. The molecular formula is C39H26F4O. The Labute approximate surface area is 253 Å². The van der Waals surface area contributed by atoms with Gasteiger partial charge in [0.05, 0.1) is 0 Å². The van der Waals surface area contributed by atoms with Gasteiger partial charge in [-0.05, 0) is 34.4 Å². The first-order chi connectivity index (χ1) is 21.4. The summed E-state index contributed by atoms with van der Waals surface area (Å²) >= 11 is 0. The Kier molecular flexibility index (Phi) is 7.71. The van der Waals surface area contributed by atoms with Gasteiger partial charge in [0, 0.05) is 11.1 Å². The molecule has 0 bridgehead atoms. The molecule has 0 fully saturated rings. The minimum absolute atomic E-state index is 0.257. The van der Waals surface area contributed by atoms with Crippen LogP contribution >= 0.6 is 0 Å². The highest BCUT2D eigenvalue weighted by atomic mass is 19.2. The molecule has 0 aliphatic rings. The fraction of sp³-hybridized carbons (Fsp3) is 0.0513. The van der Waals surface area contributed by atoms with E-state index in [0.29, 0.717) is 22.3 Å². The minimum Gasteiger partial charge on any atom is -0.296 e. The van der Waals surface area contributed by atoms with Crippen LogP contribution in [0.5, 0.6) is 0 Å². The third-order valence-electron chi connectivity index (χ3n) is 8.22. The zero-order chi connectivity index (χ0) is 30.7. The molecule has 6 aromatic rings. The molecule has 0 heterocycles. The Bertz CT molecular complexity index is 1690. The summed E-state index contributed by atoms with van der Waals surface area (Å²) < 4.78 is 63.0. The quantitative estimate of drug-likeness (QED) is 0.128. The fourth-order valence-corrected chi connectivity index (χ4v) is 6.35. The van der Waals surface area contributed by atoms with Crippen molar-refractivity contribution in [2.75, 3.05) is 0 Å². The maximum Gasteiger partial charge on any atom is 0.171 e. The van der Waals surface area contributed by atoms with Gasteiger partial charge in [-0.2, -0.15) is 0 Å². The molecule has 0 aromatic heterocycles. The lowest BCUT2D eigenvalue weighted by Crippen LogP contribution is -2.52. The SMILES string of the molecule is O=C(C(c1ccccc1)(c1ccccc1)c1cccc(F)c1F)C(c1ccccc1)(c1ccccc1)c1cccc(F)c1F. The zero-order valence-electron chi connectivity index (χ0n) is 23.4. The fourth-order valence-electron chi connectivity index (χ4n) is 6.35. The van der Waals surface area contributed by atoms with Crippen molar-refractivity contribution in [3.63, 3.8) is 0 Å². The molecule has 0 N–H and O–H groups in total. The summed E-state index contributed by atoms with van der Waals surface area (Å²) in [5, 5.41) is 0. The van der Waals surface area contributed by atoms with Crippen molar-refractivity contribution in [1.29, 1.82) is 0 Å². The third kappa shape index (κ3) is 4.44. The van der Waals surface area contributed by atoms with Crippen LogP contribution < -0.4 is 0 Å². The number of carbonyl (C=O) groups is 1. The molecular weight excluding hydrogens is 560 g/mol. The Balaban J connectivity index is 1.89. The maximum absolute atomic E-state index is 16.3. The zero-order valence-corrected chi connectivity index (χ0v) is 23.4. The summed E-state index contributed by atoms with van der Waals surface area (Å²) in [4.78, 5) is 16.2. The monoisotopic (exact) mass is 586 g/mol. The van der Waals surface area contributed by atoms with Crippen molar-refractivity contribution in [2.24, 2.45) is 0 Å². The molecule has 0 saturated carbocycles. The normalized spacial score (nSPS) is 11.7. The van der Waals surface area contributed by atoms with Crippen LogP contribution in [-0.2, 0) is 15.6 Å². The first-order valence-corrected chi connectivity index (χ1v) is 14.1. The van der Waals surface area contributed by atoms with E-state index in [1.165, 1.54) is 24.3 Å². The lowest BCUT2D eigenvalue weighted by Gasteiger charge is -2.44. The molecule has 44 heavy (non-hydrogen) atoms. The van der Waals surface area contributed by atoms with Gasteiger partial charge in [-0.25, -0.2) is 17.6 Å². The highest BCUT2D eigenvalue weighted by Crippen LogP contribution is 2.52. The molecule has 0 aliphatic carbocycles. The Morgan fingerprint density at radius 2 is 0.636 bits per heavy atom. The maximum atomic E-state index is 16.3. The van der Waals surface area contributed by atoms with Crippen LogP contribution in [-0.4, -0.2) is 5.78 Å². The van der Waals surface area contributed by atoms with Gasteiger partial charge < -0.3 is 0 Å². The van der Waals surface area contributed by atoms with Gasteiger partial charge in [-0.3, -0.25) is 4.79 Å². The van der Waals surface area contributed by atoms with E-state index < -0.39 is 39.9 Å². The van der Waals surface area contributed by atoms with Crippen LogP contribution in [0.1, 0.15) is 33.4 Å². The first-order valence-electron chi connectivity index (χ1n) is 14.1. The summed E-state index contributed by atoms with van der Waals surface area (Å²) in [5.41, 5.74) is -3.29. The van der Waals surface area contributed by atoms with Crippen LogP contribution in [0.3, 0.4) is 0 Å². The first kappa shape index (κ1) is 28.8. The number of ketones is 1. The molecule has 1 nitrogen and oxygen atoms in total. The van der Waals surface area contributed by atoms with Crippen LogP contribution in [0.25, 0.3) is 0 Å². The van der Waals surface area contributed by atoms with E-state index in [2.05, 4.69) is 0 Å². The van der Waals surface area contributed by atoms with Gasteiger partial charge in [0.25, 0.3) is 0 Å². The van der Waals surface area contributed by atoms with E-state index in [0.717, 1.165) is 12.1 Å².